The molecule has 1 aromatic rings. The van der Waals surface area contributed by atoms with Crippen LogP contribution < -0.4 is 10.1 Å². The number of methoxy groups -OCH3 is 1. The van der Waals surface area contributed by atoms with Crippen LogP contribution in [0.25, 0.3) is 0 Å². The minimum Gasteiger partial charge on any atom is -0.493 e. The summed E-state index contributed by atoms with van der Waals surface area (Å²) in [5.41, 5.74) is 0.544. The first kappa shape index (κ1) is 11.9. The Balaban J connectivity index is 1.87. The zero-order valence-electron chi connectivity index (χ0n) is 9.94. The van der Waals surface area contributed by atoms with Crippen molar-refractivity contribution < 1.29 is 14.3 Å². The lowest BCUT2D eigenvalue weighted by Crippen LogP contribution is -2.15. The molecule has 1 N–H and O–H groups in total. The number of hydrogen-bond acceptors (Lipinski definition) is 4. The Morgan fingerprint density at radius 3 is 2.76 bits per heavy atom. The minimum atomic E-state index is -0.323. The van der Waals surface area contributed by atoms with Gasteiger partial charge in [0, 0.05) is 12.5 Å². The Hall–Kier alpha value is -1.55. The van der Waals surface area contributed by atoms with Gasteiger partial charge in [-0.25, -0.2) is 4.79 Å². The summed E-state index contributed by atoms with van der Waals surface area (Å²) in [6, 6.07) is 7.03. The molecule has 0 aromatic heterocycles. The van der Waals surface area contributed by atoms with E-state index in [1.54, 1.807) is 24.3 Å². The molecular weight excluding hydrogens is 218 g/mol. The van der Waals surface area contributed by atoms with E-state index in [0.717, 1.165) is 25.4 Å². The number of carbonyl (C=O) groups is 1. The maximum atomic E-state index is 11.2. The van der Waals surface area contributed by atoms with E-state index in [2.05, 4.69) is 10.1 Å². The van der Waals surface area contributed by atoms with Gasteiger partial charge in [-0.15, -0.1) is 0 Å². The summed E-state index contributed by atoms with van der Waals surface area (Å²) < 4.78 is 10.3. The predicted molar refractivity (Wildman–Crippen MR) is 64.3 cm³/mol. The average Bonchev–Trinajstić information content (AvgIpc) is 2.89. The number of ether oxygens (including phenoxy) is 2. The van der Waals surface area contributed by atoms with Gasteiger partial charge in [0.15, 0.2) is 0 Å². The Morgan fingerprint density at radius 1 is 1.41 bits per heavy atom. The second-order valence-corrected chi connectivity index (χ2v) is 4.19. The summed E-state index contributed by atoms with van der Waals surface area (Å²) in [4.78, 5) is 11.2. The summed E-state index contributed by atoms with van der Waals surface area (Å²) in [7, 11) is 1.37. The molecule has 0 bridgehead atoms. The van der Waals surface area contributed by atoms with Gasteiger partial charge in [0.25, 0.3) is 0 Å². The van der Waals surface area contributed by atoms with Gasteiger partial charge in [0.05, 0.1) is 19.3 Å². The largest absolute Gasteiger partial charge is 0.493 e. The van der Waals surface area contributed by atoms with Crippen molar-refractivity contribution in [3.05, 3.63) is 29.8 Å². The number of nitrogens with one attached hydrogen (secondary N) is 1. The second-order valence-electron chi connectivity index (χ2n) is 4.19. The van der Waals surface area contributed by atoms with Gasteiger partial charge in [0.1, 0.15) is 5.75 Å². The molecule has 0 spiro atoms. The molecule has 0 unspecified atom stereocenters. The van der Waals surface area contributed by atoms with Crippen molar-refractivity contribution >= 4 is 5.97 Å². The van der Waals surface area contributed by atoms with Crippen LogP contribution in [-0.2, 0) is 4.74 Å². The van der Waals surface area contributed by atoms with Crippen LogP contribution in [0.3, 0.4) is 0 Å². The molecule has 17 heavy (non-hydrogen) atoms. The zero-order valence-corrected chi connectivity index (χ0v) is 9.94. The molecule has 1 atom stereocenters. The summed E-state index contributed by atoms with van der Waals surface area (Å²) >= 11 is 0. The highest BCUT2D eigenvalue weighted by molar-refractivity contribution is 5.89. The van der Waals surface area contributed by atoms with E-state index in [0.29, 0.717) is 11.5 Å². The predicted octanol–water partition coefficient (Wildman–Crippen LogP) is 1.46. The summed E-state index contributed by atoms with van der Waals surface area (Å²) in [5, 5.41) is 3.30. The van der Waals surface area contributed by atoms with Gasteiger partial charge < -0.3 is 14.8 Å². The zero-order chi connectivity index (χ0) is 12.1. The van der Waals surface area contributed by atoms with Gasteiger partial charge in [-0.05, 0) is 37.2 Å². The monoisotopic (exact) mass is 235 g/mol. The Bertz CT molecular complexity index is 369. The number of carbonyl (C=O) groups excluding carboxylic acids is 1. The Kier molecular flexibility index (Phi) is 3.98. The van der Waals surface area contributed by atoms with Crippen molar-refractivity contribution in [3.63, 3.8) is 0 Å². The van der Waals surface area contributed by atoms with E-state index in [1.165, 1.54) is 13.5 Å². The van der Waals surface area contributed by atoms with Crippen LogP contribution in [-0.4, -0.2) is 32.8 Å². The lowest BCUT2D eigenvalue weighted by atomic mass is 10.1. The molecule has 1 saturated heterocycles. The van der Waals surface area contributed by atoms with Crippen LogP contribution in [0.2, 0.25) is 0 Å². The third-order valence-electron chi connectivity index (χ3n) is 2.92. The summed E-state index contributed by atoms with van der Waals surface area (Å²) in [5.74, 6) is 1.07. The van der Waals surface area contributed by atoms with Crippen LogP contribution in [0.4, 0.5) is 0 Å². The number of rotatable bonds is 4. The molecule has 1 aromatic carbocycles. The third kappa shape index (κ3) is 3.20. The summed E-state index contributed by atoms with van der Waals surface area (Å²) in [6.07, 6.45) is 1.17. The molecule has 4 heteroatoms. The third-order valence-corrected chi connectivity index (χ3v) is 2.92. The molecule has 1 fully saturated rings. The van der Waals surface area contributed by atoms with E-state index < -0.39 is 0 Å². The van der Waals surface area contributed by atoms with E-state index in [4.69, 9.17) is 4.74 Å². The molecule has 0 amide bonds. The molecule has 0 radical (unpaired) electrons. The fraction of sp³-hybridized carbons (Fsp3) is 0.462. The molecule has 2 rings (SSSR count). The maximum absolute atomic E-state index is 11.2. The highest BCUT2D eigenvalue weighted by Crippen LogP contribution is 2.15. The molecule has 1 aliphatic heterocycles. The highest BCUT2D eigenvalue weighted by Gasteiger charge is 2.14. The molecule has 92 valence electrons. The van der Waals surface area contributed by atoms with Crippen molar-refractivity contribution in [2.24, 2.45) is 5.92 Å². The van der Waals surface area contributed by atoms with Crippen LogP contribution in [0.15, 0.2) is 24.3 Å². The highest BCUT2D eigenvalue weighted by atomic mass is 16.5. The Morgan fingerprint density at radius 2 is 2.18 bits per heavy atom. The molecule has 0 aliphatic carbocycles. The average molecular weight is 235 g/mol. The quantitative estimate of drug-likeness (QED) is 0.803. The van der Waals surface area contributed by atoms with Gasteiger partial charge in [0.2, 0.25) is 0 Å². The maximum Gasteiger partial charge on any atom is 0.337 e. The van der Waals surface area contributed by atoms with Gasteiger partial charge in [-0.3, -0.25) is 0 Å². The smallest absolute Gasteiger partial charge is 0.337 e. The Labute approximate surface area is 101 Å². The van der Waals surface area contributed by atoms with Crippen molar-refractivity contribution in [3.8, 4) is 5.75 Å². The second kappa shape index (κ2) is 5.68. The molecule has 0 saturated carbocycles. The standard InChI is InChI=1S/C13H17NO3/c1-16-13(15)11-2-4-12(5-3-11)17-9-10-6-7-14-8-10/h2-5,10,14H,6-9H2,1H3/t10-/m0/s1. The number of esters is 1. The fourth-order valence-electron chi connectivity index (χ4n) is 1.88. The van der Waals surface area contributed by atoms with Crippen LogP contribution >= 0.6 is 0 Å². The molecular formula is C13H17NO3. The van der Waals surface area contributed by atoms with Gasteiger partial charge in [-0.1, -0.05) is 0 Å². The van der Waals surface area contributed by atoms with E-state index in [-0.39, 0.29) is 5.97 Å². The first-order valence-electron chi connectivity index (χ1n) is 5.81. The topological polar surface area (TPSA) is 47.6 Å². The lowest BCUT2D eigenvalue weighted by molar-refractivity contribution is 0.0600. The van der Waals surface area contributed by atoms with Crippen molar-refractivity contribution in [1.29, 1.82) is 0 Å². The molecule has 1 aliphatic rings. The van der Waals surface area contributed by atoms with Crippen molar-refractivity contribution in [1.82, 2.24) is 5.32 Å². The van der Waals surface area contributed by atoms with Gasteiger partial charge in [-0.2, -0.15) is 0 Å². The van der Waals surface area contributed by atoms with Crippen LogP contribution in [0, 0.1) is 5.92 Å². The number of hydrogen-bond donors (Lipinski definition) is 1. The molecule has 4 nitrogen and oxygen atoms in total. The minimum absolute atomic E-state index is 0.323. The van der Waals surface area contributed by atoms with Crippen molar-refractivity contribution in [2.45, 2.75) is 6.42 Å². The SMILES string of the molecule is COC(=O)c1ccc(OC[C@H]2CCNC2)cc1. The summed E-state index contributed by atoms with van der Waals surface area (Å²) in [6.45, 7) is 2.83. The fourth-order valence-corrected chi connectivity index (χ4v) is 1.88. The first-order chi connectivity index (χ1) is 8.29. The normalized spacial score (nSPS) is 19.0. The number of benzene rings is 1. The lowest BCUT2D eigenvalue weighted by Gasteiger charge is -2.10. The van der Waals surface area contributed by atoms with Crippen LogP contribution in [0.5, 0.6) is 5.75 Å². The van der Waals surface area contributed by atoms with Gasteiger partial charge >= 0.3 is 5.97 Å². The molecule has 1 heterocycles. The first-order valence-corrected chi connectivity index (χ1v) is 5.81. The van der Waals surface area contributed by atoms with E-state index >= 15 is 0 Å². The van der Waals surface area contributed by atoms with Crippen LogP contribution in [0.1, 0.15) is 16.8 Å². The van der Waals surface area contributed by atoms with E-state index in [1.807, 2.05) is 0 Å². The van der Waals surface area contributed by atoms with Crippen molar-refractivity contribution in [2.75, 3.05) is 26.8 Å². The van der Waals surface area contributed by atoms with E-state index in [9.17, 15) is 4.79 Å².